The molecule has 0 unspecified atom stereocenters. The highest BCUT2D eigenvalue weighted by molar-refractivity contribution is 9.10. The van der Waals surface area contributed by atoms with Gasteiger partial charge in [-0.1, -0.05) is 31.9 Å². The van der Waals surface area contributed by atoms with Crippen molar-refractivity contribution in [2.24, 2.45) is 5.92 Å². The maximum atomic E-state index is 3.77. The molecule has 1 saturated carbocycles. The standard InChI is InChI=1S/C10H18Br2/c1-9(2,11)8-4-6-10(3,12)7-5-8/h8H,4-7H2,1-3H3. The zero-order chi connectivity index (χ0) is 9.41. The molecule has 2 heteroatoms. The highest BCUT2D eigenvalue weighted by Crippen LogP contribution is 2.44. The fraction of sp³-hybridized carbons (Fsp3) is 1.00. The Kier molecular flexibility index (Phi) is 3.32. The van der Waals surface area contributed by atoms with Crippen LogP contribution in [0.15, 0.2) is 0 Å². The molecule has 1 rings (SSSR count). The van der Waals surface area contributed by atoms with Crippen molar-refractivity contribution in [1.29, 1.82) is 0 Å². The molecule has 0 aliphatic heterocycles. The molecule has 0 heterocycles. The molecule has 1 aliphatic rings. The molecule has 0 saturated heterocycles. The number of halogens is 2. The minimum Gasteiger partial charge on any atom is -0.0856 e. The van der Waals surface area contributed by atoms with E-state index < -0.39 is 0 Å². The predicted molar refractivity (Wildman–Crippen MR) is 62.3 cm³/mol. The smallest absolute Gasteiger partial charge is 0.0230 e. The summed E-state index contributed by atoms with van der Waals surface area (Å²) in [6.07, 6.45) is 5.32. The summed E-state index contributed by atoms with van der Waals surface area (Å²) in [5, 5.41) is 0. The number of hydrogen-bond donors (Lipinski definition) is 0. The topological polar surface area (TPSA) is 0 Å². The number of hydrogen-bond acceptors (Lipinski definition) is 0. The zero-order valence-electron chi connectivity index (χ0n) is 8.16. The third kappa shape index (κ3) is 3.02. The van der Waals surface area contributed by atoms with Crippen LogP contribution in [0.4, 0.5) is 0 Å². The zero-order valence-corrected chi connectivity index (χ0v) is 11.3. The van der Waals surface area contributed by atoms with Gasteiger partial charge >= 0.3 is 0 Å². The minimum absolute atomic E-state index is 0.330. The van der Waals surface area contributed by atoms with Crippen LogP contribution in [-0.2, 0) is 0 Å². The van der Waals surface area contributed by atoms with Gasteiger partial charge in [0.25, 0.3) is 0 Å². The summed E-state index contributed by atoms with van der Waals surface area (Å²) in [6.45, 7) is 6.88. The highest BCUT2D eigenvalue weighted by atomic mass is 79.9. The molecule has 0 bridgehead atoms. The van der Waals surface area contributed by atoms with Crippen LogP contribution in [-0.4, -0.2) is 8.65 Å². The van der Waals surface area contributed by atoms with Crippen molar-refractivity contribution in [3.63, 3.8) is 0 Å². The Bertz CT molecular complexity index is 146. The van der Waals surface area contributed by atoms with E-state index in [1.54, 1.807) is 0 Å². The van der Waals surface area contributed by atoms with Gasteiger partial charge in [0.15, 0.2) is 0 Å². The Morgan fingerprint density at radius 1 is 1.25 bits per heavy atom. The van der Waals surface area contributed by atoms with Crippen molar-refractivity contribution in [1.82, 2.24) is 0 Å². The van der Waals surface area contributed by atoms with E-state index in [2.05, 4.69) is 52.6 Å². The molecular weight excluding hydrogens is 280 g/mol. The number of rotatable bonds is 1. The maximum absolute atomic E-state index is 3.77. The van der Waals surface area contributed by atoms with E-state index in [0.29, 0.717) is 8.65 Å². The Morgan fingerprint density at radius 3 is 2.00 bits per heavy atom. The van der Waals surface area contributed by atoms with Gasteiger partial charge < -0.3 is 0 Å². The summed E-state index contributed by atoms with van der Waals surface area (Å²) < 4.78 is 0.748. The Morgan fingerprint density at radius 2 is 1.67 bits per heavy atom. The lowest BCUT2D eigenvalue weighted by Crippen LogP contribution is -2.32. The summed E-state index contributed by atoms with van der Waals surface area (Å²) >= 11 is 7.53. The Balaban J connectivity index is 2.47. The van der Waals surface area contributed by atoms with E-state index in [-0.39, 0.29) is 0 Å². The van der Waals surface area contributed by atoms with Crippen LogP contribution in [0.2, 0.25) is 0 Å². The average Bonchev–Trinajstić information content (AvgIpc) is 1.83. The van der Waals surface area contributed by atoms with Crippen LogP contribution in [0.25, 0.3) is 0 Å². The SMILES string of the molecule is CC1(Br)CCC(C(C)(C)Br)CC1. The van der Waals surface area contributed by atoms with Gasteiger partial charge in [0.2, 0.25) is 0 Å². The first kappa shape index (κ1) is 11.0. The van der Waals surface area contributed by atoms with E-state index >= 15 is 0 Å². The van der Waals surface area contributed by atoms with E-state index in [0.717, 1.165) is 5.92 Å². The first-order chi connectivity index (χ1) is 5.31. The van der Waals surface area contributed by atoms with Gasteiger partial charge in [-0.3, -0.25) is 0 Å². The summed E-state index contributed by atoms with van der Waals surface area (Å²) in [5.41, 5.74) is 0. The van der Waals surface area contributed by atoms with Crippen LogP contribution in [0.1, 0.15) is 46.5 Å². The lowest BCUT2D eigenvalue weighted by atomic mass is 9.77. The lowest BCUT2D eigenvalue weighted by Gasteiger charge is -2.38. The third-order valence-corrected chi connectivity index (χ3v) is 4.44. The largest absolute Gasteiger partial charge is 0.0856 e. The molecule has 0 aromatic carbocycles. The molecule has 0 aromatic heterocycles. The van der Waals surface area contributed by atoms with Gasteiger partial charge in [-0.05, 0) is 52.4 Å². The fourth-order valence-electron chi connectivity index (χ4n) is 1.91. The van der Waals surface area contributed by atoms with Gasteiger partial charge in [0, 0.05) is 8.65 Å². The number of alkyl halides is 2. The summed E-state index contributed by atoms with van der Waals surface area (Å²) in [6, 6.07) is 0. The van der Waals surface area contributed by atoms with E-state index in [9.17, 15) is 0 Å². The van der Waals surface area contributed by atoms with Crippen molar-refractivity contribution < 1.29 is 0 Å². The fourth-order valence-corrected chi connectivity index (χ4v) is 2.82. The van der Waals surface area contributed by atoms with E-state index in [4.69, 9.17) is 0 Å². The Hall–Kier alpha value is 0.960. The monoisotopic (exact) mass is 296 g/mol. The first-order valence-electron chi connectivity index (χ1n) is 4.69. The van der Waals surface area contributed by atoms with Gasteiger partial charge in [-0.15, -0.1) is 0 Å². The normalized spacial score (nSPS) is 38.2. The molecule has 0 amide bonds. The van der Waals surface area contributed by atoms with E-state index in [1.807, 2.05) is 0 Å². The molecule has 1 fully saturated rings. The molecule has 12 heavy (non-hydrogen) atoms. The molecular formula is C10H18Br2. The second-order valence-corrected chi connectivity index (χ2v) is 8.71. The van der Waals surface area contributed by atoms with Crippen molar-refractivity contribution >= 4 is 31.9 Å². The van der Waals surface area contributed by atoms with Gasteiger partial charge in [-0.25, -0.2) is 0 Å². The van der Waals surface area contributed by atoms with Crippen LogP contribution < -0.4 is 0 Å². The minimum atomic E-state index is 0.330. The van der Waals surface area contributed by atoms with Crippen LogP contribution in [0, 0.1) is 5.92 Å². The van der Waals surface area contributed by atoms with Crippen LogP contribution in [0.5, 0.6) is 0 Å². The van der Waals surface area contributed by atoms with Crippen LogP contribution in [0.3, 0.4) is 0 Å². The summed E-state index contributed by atoms with van der Waals surface area (Å²) in [7, 11) is 0. The molecule has 0 atom stereocenters. The van der Waals surface area contributed by atoms with Crippen molar-refractivity contribution in [2.45, 2.75) is 55.1 Å². The molecule has 0 nitrogen and oxygen atoms in total. The third-order valence-electron chi connectivity index (χ3n) is 3.00. The van der Waals surface area contributed by atoms with Crippen LogP contribution >= 0.6 is 31.9 Å². The van der Waals surface area contributed by atoms with E-state index in [1.165, 1.54) is 25.7 Å². The molecule has 72 valence electrons. The first-order valence-corrected chi connectivity index (χ1v) is 6.28. The predicted octanol–water partition coefficient (Wildman–Crippen LogP) is 4.50. The lowest BCUT2D eigenvalue weighted by molar-refractivity contribution is 0.279. The van der Waals surface area contributed by atoms with Gasteiger partial charge in [0.1, 0.15) is 0 Å². The average molecular weight is 298 g/mol. The second kappa shape index (κ2) is 3.61. The highest BCUT2D eigenvalue weighted by Gasteiger charge is 2.34. The molecule has 0 radical (unpaired) electrons. The quantitative estimate of drug-likeness (QED) is 0.625. The van der Waals surface area contributed by atoms with Gasteiger partial charge in [0.05, 0.1) is 0 Å². The summed E-state index contributed by atoms with van der Waals surface area (Å²) in [5.74, 6) is 0.850. The summed E-state index contributed by atoms with van der Waals surface area (Å²) in [4.78, 5) is 0. The van der Waals surface area contributed by atoms with Crippen molar-refractivity contribution in [3.05, 3.63) is 0 Å². The van der Waals surface area contributed by atoms with Crippen molar-refractivity contribution in [3.8, 4) is 0 Å². The molecule has 0 N–H and O–H groups in total. The van der Waals surface area contributed by atoms with Crippen molar-refractivity contribution in [2.75, 3.05) is 0 Å². The molecule has 1 aliphatic carbocycles. The second-order valence-electron chi connectivity index (χ2n) is 4.75. The molecule has 0 aromatic rings. The Labute approximate surface area is 92.8 Å². The maximum Gasteiger partial charge on any atom is 0.0230 e. The molecule has 0 spiro atoms. The van der Waals surface area contributed by atoms with Gasteiger partial charge in [-0.2, -0.15) is 0 Å².